The molecule has 2 aromatic rings. The molecule has 0 aliphatic heterocycles. The van der Waals surface area contributed by atoms with Crippen LogP contribution in [0.1, 0.15) is 50.8 Å². The molecule has 168 valence electrons. The van der Waals surface area contributed by atoms with Gasteiger partial charge in [0.25, 0.3) is 5.91 Å². The second-order valence-corrected chi connectivity index (χ2v) is 8.76. The lowest BCUT2D eigenvalue weighted by Crippen LogP contribution is -2.50. The first kappa shape index (κ1) is 24.9. The van der Waals surface area contributed by atoms with Crippen molar-refractivity contribution >= 4 is 27.7 Å². The van der Waals surface area contributed by atoms with Gasteiger partial charge in [-0.1, -0.05) is 49.7 Å². The minimum absolute atomic E-state index is 0.0514. The van der Waals surface area contributed by atoms with Gasteiger partial charge in [0.15, 0.2) is 6.61 Å². The number of carbonyl (C=O) groups excluding carboxylic acids is 2. The monoisotopic (exact) mass is 488 g/mol. The van der Waals surface area contributed by atoms with Crippen LogP contribution in [0.15, 0.2) is 46.9 Å². The molecule has 2 aromatic carbocycles. The van der Waals surface area contributed by atoms with Crippen LogP contribution in [-0.4, -0.2) is 35.4 Å². The Kier molecular flexibility index (Phi) is 9.56. The molecule has 0 spiro atoms. The Labute approximate surface area is 194 Å². The van der Waals surface area contributed by atoms with Gasteiger partial charge in [0.1, 0.15) is 11.8 Å². The highest BCUT2D eigenvalue weighted by Crippen LogP contribution is 2.26. The molecule has 0 saturated heterocycles. The molecular formula is C25H33BrN2O3. The topological polar surface area (TPSA) is 58.6 Å². The third-order valence-electron chi connectivity index (χ3n) is 5.40. The van der Waals surface area contributed by atoms with E-state index in [-0.39, 0.29) is 24.5 Å². The third-order valence-corrected chi connectivity index (χ3v) is 6.02. The number of rotatable bonds is 10. The summed E-state index contributed by atoms with van der Waals surface area (Å²) in [7, 11) is 0. The summed E-state index contributed by atoms with van der Waals surface area (Å²) in [6, 6.07) is 13.2. The molecule has 31 heavy (non-hydrogen) atoms. The summed E-state index contributed by atoms with van der Waals surface area (Å²) in [5.74, 6) is 0.208. The number of ether oxygens (including phenoxy) is 1. The Bertz CT molecular complexity index is 883. The molecule has 0 saturated carbocycles. The maximum Gasteiger partial charge on any atom is 0.261 e. The molecule has 0 aliphatic carbocycles. The lowest BCUT2D eigenvalue weighted by Gasteiger charge is -2.29. The normalized spacial score (nSPS) is 12.7. The van der Waals surface area contributed by atoms with Gasteiger partial charge in [0, 0.05) is 12.6 Å². The zero-order valence-corrected chi connectivity index (χ0v) is 20.7. The predicted octanol–water partition coefficient (Wildman–Crippen LogP) is 5.03. The van der Waals surface area contributed by atoms with Gasteiger partial charge in [-0.25, -0.2) is 0 Å². The number of aryl methyl sites for hydroxylation is 2. The Balaban J connectivity index is 2.16. The van der Waals surface area contributed by atoms with Gasteiger partial charge >= 0.3 is 0 Å². The Morgan fingerprint density at radius 2 is 1.71 bits per heavy atom. The van der Waals surface area contributed by atoms with Crippen LogP contribution in [0.4, 0.5) is 0 Å². The van der Waals surface area contributed by atoms with Gasteiger partial charge in [-0.05, 0) is 72.8 Å². The molecule has 1 N–H and O–H groups in total. The van der Waals surface area contributed by atoms with Crippen LogP contribution in [0.3, 0.4) is 0 Å². The van der Waals surface area contributed by atoms with E-state index in [1.165, 1.54) is 5.56 Å². The van der Waals surface area contributed by atoms with E-state index in [2.05, 4.69) is 28.2 Å². The maximum atomic E-state index is 13.1. The maximum absolute atomic E-state index is 13.1. The minimum atomic E-state index is -0.614. The van der Waals surface area contributed by atoms with Crippen molar-refractivity contribution in [2.24, 2.45) is 0 Å². The number of amides is 2. The van der Waals surface area contributed by atoms with Crippen LogP contribution in [-0.2, 0) is 22.6 Å². The number of carbonyl (C=O) groups is 2. The highest BCUT2D eigenvalue weighted by molar-refractivity contribution is 9.10. The van der Waals surface area contributed by atoms with Crippen LogP contribution in [0.5, 0.6) is 5.75 Å². The van der Waals surface area contributed by atoms with E-state index in [0.717, 1.165) is 28.4 Å². The number of benzene rings is 2. The van der Waals surface area contributed by atoms with E-state index in [0.29, 0.717) is 12.3 Å². The first-order valence-corrected chi connectivity index (χ1v) is 11.6. The van der Waals surface area contributed by atoms with Crippen LogP contribution < -0.4 is 10.1 Å². The summed E-state index contributed by atoms with van der Waals surface area (Å²) in [4.78, 5) is 27.5. The molecule has 0 heterocycles. The largest absolute Gasteiger partial charge is 0.483 e. The summed E-state index contributed by atoms with van der Waals surface area (Å²) in [5.41, 5.74) is 3.30. The molecule has 2 unspecified atom stereocenters. The predicted molar refractivity (Wildman–Crippen MR) is 128 cm³/mol. The summed E-state index contributed by atoms with van der Waals surface area (Å²) in [6.07, 6.45) is 1.75. The van der Waals surface area contributed by atoms with Crippen molar-refractivity contribution in [3.05, 3.63) is 63.6 Å². The van der Waals surface area contributed by atoms with E-state index in [9.17, 15) is 9.59 Å². The molecule has 6 heteroatoms. The van der Waals surface area contributed by atoms with Gasteiger partial charge in [-0.2, -0.15) is 0 Å². The van der Waals surface area contributed by atoms with Gasteiger partial charge in [0.05, 0.1) is 4.47 Å². The molecule has 0 bridgehead atoms. The van der Waals surface area contributed by atoms with E-state index in [1.54, 1.807) is 11.8 Å². The van der Waals surface area contributed by atoms with E-state index in [1.807, 2.05) is 63.2 Å². The molecule has 5 nitrogen and oxygen atoms in total. The number of nitrogens with one attached hydrogen (secondary N) is 1. The van der Waals surface area contributed by atoms with Crippen molar-refractivity contribution in [2.45, 2.75) is 66.1 Å². The van der Waals surface area contributed by atoms with Crippen molar-refractivity contribution in [1.82, 2.24) is 10.2 Å². The first-order chi connectivity index (χ1) is 14.7. The number of halogens is 1. The second kappa shape index (κ2) is 11.9. The number of nitrogens with zero attached hydrogens (tertiary/aromatic N) is 1. The minimum Gasteiger partial charge on any atom is -0.483 e. The average Bonchev–Trinajstić information content (AvgIpc) is 2.76. The van der Waals surface area contributed by atoms with E-state index in [4.69, 9.17) is 4.74 Å². The van der Waals surface area contributed by atoms with Gasteiger partial charge in [-0.3, -0.25) is 9.59 Å². The smallest absolute Gasteiger partial charge is 0.261 e. The van der Waals surface area contributed by atoms with Gasteiger partial charge < -0.3 is 15.0 Å². The fraction of sp³-hybridized carbons (Fsp3) is 0.440. The third kappa shape index (κ3) is 7.39. The summed E-state index contributed by atoms with van der Waals surface area (Å²) < 4.78 is 6.61. The lowest BCUT2D eigenvalue weighted by atomic mass is 10.1. The highest BCUT2D eigenvalue weighted by Gasteiger charge is 2.27. The first-order valence-electron chi connectivity index (χ1n) is 10.8. The number of hydrogen-bond donors (Lipinski definition) is 1. The molecular weight excluding hydrogens is 456 g/mol. The zero-order valence-electron chi connectivity index (χ0n) is 19.1. The Morgan fingerprint density at radius 3 is 2.29 bits per heavy atom. The van der Waals surface area contributed by atoms with Crippen molar-refractivity contribution in [3.8, 4) is 5.75 Å². The summed E-state index contributed by atoms with van der Waals surface area (Å²) in [6.45, 7) is 10.0. The quantitative estimate of drug-likeness (QED) is 0.509. The van der Waals surface area contributed by atoms with Crippen LogP contribution in [0, 0.1) is 6.92 Å². The number of hydrogen-bond acceptors (Lipinski definition) is 3. The van der Waals surface area contributed by atoms with Crippen LogP contribution >= 0.6 is 15.9 Å². The molecule has 0 radical (unpaired) electrons. The summed E-state index contributed by atoms with van der Waals surface area (Å²) in [5, 5.41) is 2.97. The van der Waals surface area contributed by atoms with Crippen LogP contribution in [0.2, 0.25) is 0 Å². The molecule has 2 rings (SSSR count). The summed E-state index contributed by atoms with van der Waals surface area (Å²) >= 11 is 3.51. The van der Waals surface area contributed by atoms with Gasteiger partial charge in [0.2, 0.25) is 5.91 Å². The standard InChI is InChI=1S/C25H33BrN2O3/c1-6-18(4)27-25(30)19(5)28(15-21-10-8-17(3)9-11-21)24(29)16-31-23-13-12-20(7-2)14-22(23)26/h8-14,18-19H,6-7,15-16H2,1-5H3,(H,27,30). The zero-order chi connectivity index (χ0) is 23.0. The van der Waals surface area contributed by atoms with Crippen molar-refractivity contribution in [1.29, 1.82) is 0 Å². The van der Waals surface area contributed by atoms with Gasteiger partial charge in [-0.15, -0.1) is 0 Å². The van der Waals surface area contributed by atoms with Crippen molar-refractivity contribution in [3.63, 3.8) is 0 Å². The van der Waals surface area contributed by atoms with Crippen LogP contribution in [0.25, 0.3) is 0 Å². The SMILES string of the molecule is CCc1ccc(OCC(=O)N(Cc2ccc(C)cc2)C(C)C(=O)NC(C)CC)c(Br)c1. The fourth-order valence-electron chi connectivity index (χ4n) is 3.04. The van der Waals surface area contributed by atoms with Crippen molar-refractivity contribution in [2.75, 3.05) is 6.61 Å². The highest BCUT2D eigenvalue weighted by atomic mass is 79.9. The lowest BCUT2D eigenvalue weighted by molar-refractivity contribution is -0.142. The molecule has 0 aliphatic rings. The van der Waals surface area contributed by atoms with E-state index < -0.39 is 6.04 Å². The van der Waals surface area contributed by atoms with Crippen molar-refractivity contribution < 1.29 is 14.3 Å². The second-order valence-electron chi connectivity index (χ2n) is 7.91. The van der Waals surface area contributed by atoms with E-state index >= 15 is 0 Å². The average molecular weight is 489 g/mol. The molecule has 2 atom stereocenters. The molecule has 0 aromatic heterocycles. The Hall–Kier alpha value is -2.34. The molecule has 0 fully saturated rings. The molecule has 2 amide bonds. The fourth-order valence-corrected chi connectivity index (χ4v) is 3.58. The Morgan fingerprint density at radius 1 is 1.06 bits per heavy atom.